The van der Waals surface area contributed by atoms with Crippen LogP contribution >= 0.6 is 0 Å². The van der Waals surface area contributed by atoms with E-state index in [1.807, 2.05) is 13.0 Å². The Balaban J connectivity index is 2.15. The van der Waals surface area contributed by atoms with E-state index in [1.165, 1.54) is 39.5 Å². The smallest absolute Gasteiger partial charge is 0.343 e. The van der Waals surface area contributed by atoms with Gasteiger partial charge in [0.15, 0.2) is 11.5 Å². The standard InChI is InChI=1S/C24H26N2O6/c1-5-6-11-26-23(27)18(15-25)12-16-7-9-19(10-8-16)32-24(28)17-13-20(29-2)22(31-4)21(14-17)30-3/h7-10,12-14H,5-6,11H2,1-4H3,(H,26,27)/b18-12+. The van der Waals surface area contributed by atoms with Gasteiger partial charge >= 0.3 is 5.97 Å². The SMILES string of the molecule is CCCCNC(=O)/C(C#N)=C/c1ccc(OC(=O)c2cc(OC)c(OC)c(OC)c2)cc1. The molecule has 0 bridgehead atoms. The van der Waals surface area contributed by atoms with Gasteiger partial charge in [0.1, 0.15) is 17.4 Å². The average molecular weight is 438 g/mol. The molecule has 0 fully saturated rings. The summed E-state index contributed by atoms with van der Waals surface area (Å²) in [5.74, 6) is 0.307. The van der Waals surface area contributed by atoms with Gasteiger partial charge in [-0.25, -0.2) is 4.79 Å². The first-order chi connectivity index (χ1) is 15.5. The van der Waals surface area contributed by atoms with Gasteiger partial charge in [-0.2, -0.15) is 5.26 Å². The van der Waals surface area contributed by atoms with E-state index < -0.39 is 11.9 Å². The van der Waals surface area contributed by atoms with Gasteiger partial charge in [0.05, 0.1) is 26.9 Å². The fraction of sp³-hybridized carbons (Fsp3) is 0.292. The summed E-state index contributed by atoms with van der Waals surface area (Å²) in [6.45, 7) is 2.54. The van der Waals surface area contributed by atoms with Crippen LogP contribution in [0.4, 0.5) is 0 Å². The zero-order valence-electron chi connectivity index (χ0n) is 18.6. The van der Waals surface area contributed by atoms with Crippen LogP contribution in [0.15, 0.2) is 42.0 Å². The Morgan fingerprint density at radius 2 is 1.66 bits per heavy atom. The third-order valence-electron chi connectivity index (χ3n) is 4.48. The van der Waals surface area contributed by atoms with Crippen molar-refractivity contribution in [3.63, 3.8) is 0 Å². The molecule has 0 aromatic heterocycles. The van der Waals surface area contributed by atoms with Gasteiger partial charge in [-0.3, -0.25) is 4.79 Å². The molecule has 0 atom stereocenters. The minimum Gasteiger partial charge on any atom is -0.493 e. The van der Waals surface area contributed by atoms with E-state index in [1.54, 1.807) is 24.3 Å². The van der Waals surface area contributed by atoms with Crippen LogP contribution < -0.4 is 24.3 Å². The number of rotatable bonds is 10. The van der Waals surface area contributed by atoms with Gasteiger partial charge in [0, 0.05) is 6.54 Å². The number of unbranched alkanes of at least 4 members (excludes halogenated alkanes) is 1. The first-order valence-electron chi connectivity index (χ1n) is 9.99. The number of carbonyl (C=O) groups excluding carboxylic acids is 2. The number of esters is 1. The van der Waals surface area contributed by atoms with Crippen molar-refractivity contribution >= 4 is 18.0 Å². The third kappa shape index (κ3) is 6.25. The molecule has 168 valence electrons. The lowest BCUT2D eigenvalue weighted by Crippen LogP contribution is -2.25. The summed E-state index contributed by atoms with van der Waals surface area (Å²) in [4.78, 5) is 24.7. The summed E-state index contributed by atoms with van der Waals surface area (Å²) >= 11 is 0. The molecule has 0 spiro atoms. The average Bonchev–Trinajstić information content (AvgIpc) is 2.82. The van der Waals surface area contributed by atoms with E-state index in [2.05, 4.69) is 5.32 Å². The van der Waals surface area contributed by atoms with E-state index in [9.17, 15) is 14.9 Å². The molecule has 0 saturated heterocycles. The normalized spacial score (nSPS) is 10.7. The number of nitrogens with one attached hydrogen (secondary N) is 1. The Bertz CT molecular complexity index is 997. The van der Waals surface area contributed by atoms with Crippen molar-refractivity contribution in [2.75, 3.05) is 27.9 Å². The molecule has 0 heterocycles. The number of amides is 1. The number of ether oxygens (including phenoxy) is 4. The first-order valence-corrected chi connectivity index (χ1v) is 9.99. The van der Waals surface area contributed by atoms with Gasteiger partial charge in [0.25, 0.3) is 5.91 Å². The van der Waals surface area contributed by atoms with E-state index in [0.29, 0.717) is 35.1 Å². The van der Waals surface area contributed by atoms with Crippen molar-refractivity contribution < 1.29 is 28.5 Å². The summed E-state index contributed by atoms with van der Waals surface area (Å²) in [5.41, 5.74) is 0.849. The van der Waals surface area contributed by atoms with Gasteiger partial charge in [-0.05, 0) is 42.3 Å². The number of carbonyl (C=O) groups is 2. The minimum absolute atomic E-state index is 0.00303. The van der Waals surface area contributed by atoms with Gasteiger partial charge in [0.2, 0.25) is 5.75 Å². The van der Waals surface area contributed by atoms with Crippen LogP contribution in [-0.2, 0) is 4.79 Å². The monoisotopic (exact) mass is 438 g/mol. The van der Waals surface area contributed by atoms with Crippen molar-refractivity contribution in [3.8, 4) is 29.1 Å². The number of nitrogens with zero attached hydrogens (tertiary/aromatic N) is 1. The summed E-state index contributed by atoms with van der Waals surface area (Å²) in [5, 5.41) is 12.0. The van der Waals surface area contributed by atoms with Crippen LogP contribution in [0.25, 0.3) is 6.08 Å². The van der Waals surface area contributed by atoms with Crippen molar-refractivity contribution in [1.82, 2.24) is 5.32 Å². The number of hydrogen-bond donors (Lipinski definition) is 1. The topological polar surface area (TPSA) is 107 Å². The molecule has 2 aromatic rings. The maximum Gasteiger partial charge on any atom is 0.343 e. The molecule has 2 aromatic carbocycles. The molecule has 0 unspecified atom stereocenters. The summed E-state index contributed by atoms with van der Waals surface area (Å²) in [6, 6.07) is 11.3. The van der Waals surface area contributed by atoms with Gasteiger partial charge < -0.3 is 24.3 Å². The molecular weight excluding hydrogens is 412 g/mol. The molecule has 8 nitrogen and oxygen atoms in total. The van der Waals surface area contributed by atoms with E-state index >= 15 is 0 Å². The molecular formula is C24H26N2O6. The minimum atomic E-state index is -0.611. The van der Waals surface area contributed by atoms with Crippen molar-refractivity contribution in [1.29, 1.82) is 5.26 Å². The third-order valence-corrected chi connectivity index (χ3v) is 4.48. The maximum atomic E-state index is 12.6. The molecule has 32 heavy (non-hydrogen) atoms. The predicted octanol–water partition coefficient (Wildman–Crippen LogP) is 3.75. The lowest BCUT2D eigenvalue weighted by molar-refractivity contribution is -0.117. The number of nitriles is 1. The van der Waals surface area contributed by atoms with Crippen LogP contribution in [0.5, 0.6) is 23.0 Å². The fourth-order valence-electron chi connectivity index (χ4n) is 2.79. The van der Waals surface area contributed by atoms with Gasteiger partial charge in [-0.15, -0.1) is 0 Å². The second kappa shape index (κ2) is 12.0. The Kier molecular flexibility index (Phi) is 9.11. The number of benzene rings is 2. The van der Waals surface area contributed by atoms with Crippen molar-refractivity contribution in [3.05, 3.63) is 53.1 Å². The lowest BCUT2D eigenvalue weighted by atomic mass is 10.1. The number of methoxy groups -OCH3 is 3. The number of hydrogen-bond acceptors (Lipinski definition) is 7. The summed E-state index contributed by atoms with van der Waals surface area (Å²) < 4.78 is 21.2. The second-order valence-electron chi connectivity index (χ2n) is 6.65. The molecule has 2 rings (SSSR count). The van der Waals surface area contributed by atoms with Crippen LogP contribution in [0, 0.1) is 11.3 Å². The zero-order valence-corrected chi connectivity index (χ0v) is 18.6. The van der Waals surface area contributed by atoms with E-state index in [4.69, 9.17) is 18.9 Å². The molecule has 1 amide bonds. The highest BCUT2D eigenvalue weighted by Gasteiger charge is 2.18. The molecule has 0 saturated carbocycles. The Labute approximate surface area is 187 Å². The molecule has 1 N–H and O–H groups in total. The molecule has 0 radical (unpaired) electrons. The van der Waals surface area contributed by atoms with E-state index in [-0.39, 0.29) is 11.1 Å². The van der Waals surface area contributed by atoms with Crippen LogP contribution in [0.1, 0.15) is 35.7 Å². The summed E-state index contributed by atoms with van der Waals surface area (Å²) in [6.07, 6.45) is 3.27. The fourth-order valence-corrected chi connectivity index (χ4v) is 2.79. The van der Waals surface area contributed by atoms with Crippen molar-refractivity contribution in [2.24, 2.45) is 0 Å². The van der Waals surface area contributed by atoms with Gasteiger partial charge in [-0.1, -0.05) is 25.5 Å². The molecule has 0 aliphatic rings. The highest BCUT2D eigenvalue weighted by Crippen LogP contribution is 2.38. The second-order valence-corrected chi connectivity index (χ2v) is 6.65. The highest BCUT2D eigenvalue weighted by molar-refractivity contribution is 6.01. The highest BCUT2D eigenvalue weighted by atomic mass is 16.5. The molecule has 0 aliphatic heterocycles. The largest absolute Gasteiger partial charge is 0.493 e. The predicted molar refractivity (Wildman–Crippen MR) is 119 cm³/mol. The Morgan fingerprint density at radius 1 is 1.03 bits per heavy atom. The molecule has 0 aliphatic carbocycles. The van der Waals surface area contributed by atoms with Crippen LogP contribution in [0.3, 0.4) is 0 Å². The lowest BCUT2D eigenvalue weighted by Gasteiger charge is -2.13. The Morgan fingerprint density at radius 3 is 2.16 bits per heavy atom. The maximum absolute atomic E-state index is 12.6. The summed E-state index contributed by atoms with van der Waals surface area (Å²) in [7, 11) is 4.39. The first kappa shape index (κ1) is 24.3. The zero-order chi connectivity index (χ0) is 23.5. The van der Waals surface area contributed by atoms with Crippen LogP contribution in [-0.4, -0.2) is 39.8 Å². The van der Waals surface area contributed by atoms with Crippen LogP contribution in [0.2, 0.25) is 0 Å². The van der Waals surface area contributed by atoms with E-state index in [0.717, 1.165) is 12.8 Å². The quantitative estimate of drug-likeness (QED) is 0.198. The molecule has 8 heteroatoms. The Hall–Kier alpha value is -3.99. The van der Waals surface area contributed by atoms with Crippen molar-refractivity contribution in [2.45, 2.75) is 19.8 Å².